The summed E-state index contributed by atoms with van der Waals surface area (Å²) in [7, 11) is 0. The summed E-state index contributed by atoms with van der Waals surface area (Å²) in [6, 6.07) is 5.90. The first-order valence-corrected chi connectivity index (χ1v) is 6.29. The van der Waals surface area contributed by atoms with E-state index in [1.165, 1.54) is 4.90 Å². The minimum absolute atomic E-state index is 0.366. The summed E-state index contributed by atoms with van der Waals surface area (Å²) in [4.78, 5) is 24.9. The van der Waals surface area contributed by atoms with E-state index in [1.807, 2.05) is 0 Å². The van der Waals surface area contributed by atoms with Crippen molar-refractivity contribution in [2.45, 2.75) is 6.04 Å². The van der Waals surface area contributed by atoms with Crippen LogP contribution in [-0.4, -0.2) is 42.5 Å². The van der Waals surface area contributed by atoms with Crippen molar-refractivity contribution in [2.24, 2.45) is 5.73 Å². The van der Waals surface area contributed by atoms with E-state index < -0.39 is 11.9 Å². The summed E-state index contributed by atoms with van der Waals surface area (Å²) < 4.78 is 0. The number of nitrogens with one attached hydrogen (secondary N) is 2. The SMILES string of the molecule is NC(=O)C1CNCCN1C(=O)Nc1ccccc1Cl. The van der Waals surface area contributed by atoms with Crippen LogP contribution in [-0.2, 0) is 4.79 Å². The Balaban J connectivity index is 2.10. The van der Waals surface area contributed by atoms with Gasteiger partial charge in [-0.15, -0.1) is 0 Å². The standard InChI is InChI=1S/C12H15ClN4O2/c13-8-3-1-2-4-9(8)16-12(19)17-6-5-15-7-10(17)11(14)18/h1-4,10,15H,5-7H2,(H2,14,18)(H,16,19). The average molecular weight is 283 g/mol. The lowest BCUT2D eigenvalue weighted by molar-refractivity contribution is -0.122. The van der Waals surface area contributed by atoms with Gasteiger partial charge in [-0.05, 0) is 12.1 Å². The number of hydrogen-bond acceptors (Lipinski definition) is 3. The molecule has 1 atom stereocenters. The Labute approximate surface area is 115 Å². The van der Waals surface area contributed by atoms with Gasteiger partial charge in [-0.25, -0.2) is 4.79 Å². The van der Waals surface area contributed by atoms with Gasteiger partial charge in [-0.2, -0.15) is 0 Å². The fourth-order valence-corrected chi connectivity index (χ4v) is 2.13. The monoisotopic (exact) mass is 282 g/mol. The minimum atomic E-state index is -0.642. The fourth-order valence-electron chi connectivity index (χ4n) is 1.95. The molecule has 0 spiro atoms. The molecule has 1 unspecified atom stereocenters. The van der Waals surface area contributed by atoms with Crippen molar-refractivity contribution in [1.82, 2.24) is 10.2 Å². The van der Waals surface area contributed by atoms with Crippen LogP contribution in [0.2, 0.25) is 5.02 Å². The van der Waals surface area contributed by atoms with Gasteiger partial charge >= 0.3 is 6.03 Å². The highest BCUT2D eigenvalue weighted by atomic mass is 35.5. The van der Waals surface area contributed by atoms with E-state index in [1.54, 1.807) is 24.3 Å². The highest BCUT2D eigenvalue weighted by Gasteiger charge is 2.30. The molecule has 1 heterocycles. The van der Waals surface area contributed by atoms with Gasteiger partial charge in [0.15, 0.2) is 0 Å². The Kier molecular flexibility index (Phi) is 4.24. The summed E-state index contributed by atoms with van der Waals surface area (Å²) >= 11 is 5.97. The maximum absolute atomic E-state index is 12.2. The lowest BCUT2D eigenvalue weighted by atomic mass is 10.2. The summed E-state index contributed by atoms with van der Waals surface area (Å²) in [5.41, 5.74) is 5.80. The van der Waals surface area contributed by atoms with Crippen molar-refractivity contribution >= 4 is 29.2 Å². The molecular weight excluding hydrogens is 268 g/mol. The smallest absolute Gasteiger partial charge is 0.322 e. The molecule has 1 aromatic carbocycles. The number of nitrogens with zero attached hydrogens (tertiary/aromatic N) is 1. The second-order valence-electron chi connectivity index (χ2n) is 4.23. The van der Waals surface area contributed by atoms with E-state index in [9.17, 15) is 9.59 Å². The van der Waals surface area contributed by atoms with Crippen LogP contribution in [0.4, 0.5) is 10.5 Å². The Morgan fingerprint density at radius 1 is 1.42 bits per heavy atom. The van der Waals surface area contributed by atoms with Crippen molar-refractivity contribution in [2.75, 3.05) is 25.0 Å². The predicted octanol–water partition coefficient (Wildman–Crippen LogP) is 0.631. The number of benzene rings is 1. The van der Waals surface area contributed by atoms with Crippen molar-refractivity contribution < 1.29 is 9.59 Å². The molecule has 0 aliphatic carbocycles. The Morgan fingerprint density at radius 2 is 2.16 bits per heavy atom. The number of urea groups is 1. The molecule has 1 aromatic rings. The number of para-hydroxylation sites is 1. The van der Waals surface area contributed by atoms with E-state index >= 15 is 0 Å². The number of nitrogens with two attached hydrogens (primary N) is 1. The predicted molar refractivity (Wildman–Crippen MR) is 73.0 cm³/mol. The molecule has 0 aromatic heterocycles. The number of carbonyl (C=O) groups is 2. The highest BCUT2D eigenvalue weighted by Crippen LogP contribution is 2.21. The molecule has 2 rings (SSSR count). The number of piperazine rings is 1. The number of rotatable bonds is 2. The zero-order chi connectivity index (χ0) is 13.8. The zero-order valence-corrected chi connectivity index (χ0v) is 11.0. The van der Waals surface area contributed by atoms with Gasteiger partial charge in [0.1, 0.15) is 6.04 Å². The lowest BCUT2D eigenvalue weighted by Gasteiger charge is -2.34. The van der Waals surface area contributed by atoms with E-state index in [4.69, 9.17) is 17.3 Å². The first-order chi connectivity index (χ1) is 9.09. The number of anilines is 1. The quantitative estimate of drug-likeness (QED) is 0.743. The zero-order valence-electron chi connectivity index (χ0n) is 10.2. The summed E-state index contributed by atoms with van der Waals surface area (Å²) in [5, 5.41) is 6.16. The Morgan fingerprint density at radius 3 is 2.84 bits per heavy atom. The first-order valence-electron chi connectivity index (χ1n) is 5.92. The molecule has 3 amide bonds. The van der Waals surface area contributed by atoms with Crippen molar-refractivity contribution in [3.8, 4) is 0 Å². The number of hydrogen-bond donors (Lipinski definition) is 3. The number of primary amides is 1. The van der Waals surface area contributed by atoms with Crippen LogP contribution in [0.3, 0.4) is 0 Å². The molecule has 19 heavy (non-hydrogen) atoms. The van der Waals surface area contributed by atoms with Crippen LogP contribution in [0.15, 0.2) is 24.3 Å². The molecule has 1 aliphatic rings. The van der Waals surface area contributed by atoms with Crippen LogP contribution in [0.1, 0.15) is 0 Å². The van der Waals surface area contributed by atoms with Gasteiger partial charge in [0.2, 0.25) is 5.91 Å². The van der Waals surface area contributed by atoms with E-state index in [0.29, 0.717) is 30.3 Å². The van der Waals surface area contributed by atoms with Crippen LogP contribution < -0.4 is 16.4 Å². The van der Waals surface area contributed by atoms with Crippen LogP contribution in [0.5, 0.6) is 0 Å². The number of halogens is 1. The average Bonchev–Trinajstić information content (AvgIpc) is 2.41. The van der Waals surface area contributed by atoms with Gasteiger partial charge in [0.05, 0.1) is 10.7 Å². The number of amides is 3. The third kappa shape index (κ3) is 3.15. The molecule has 7 heteroatoms. The summed E-state index contributed by atoms with van der Waals surface area (Å²) in [6.45, 7) is 1.41. The minimum Gasteiger partial charge on any atom is -0.368 e. The van der Waals surface area contributed by atoms with E-state index in [2.05, 4.69) is 10.6 Å². The largest absolute Gasteiger partial charge is 0.368 e. The van der Waals surface area contributed by atoms with Crippen molar-refractivity contribution in [1.29, 1.82) is 0 Å². The third-order valence-corrected chi connectivity index (χ3v) is 3.28. The Hall–Kier alpha value is -1.79. The lowest BCUT2D eigenvalue weighted by Crippen LogP contribution is -2.59. The highest BCUT2D eigenvalue weighted by molar-refractivity contribution is 6.33. The van der Waals surface area contributed by atoms with Gasteiger partial charge in [-0.1, -0.05) is 23.7 Å². The van der Waals surface area contributed by atoms with Crippen LogP contribution in [0, 0.1) is 0 Å². The molecule has 1 aliphatic heterocycles. The summed E-state index contributed by atoms with van der Waals surface area (Å²) in [5.74, 6) is -0.526. The van der Waals surface area contributed by atoms with Crippen molar-refractivity contribution in [3.05, 3.63) is 29.3 Å². The maximum atomic E-state index is 12.2. The van der Waals surface area contributed by atoms with Gasteiger partial charge in [0.25, 0.3) is 0 Å². The second-order valence-corrected chi connectivity index (χ2v) is 4.63. The van der Waals surface area contributed by atoms with E-state index in [0.717, 1.165) is 0 Å². The van der Waals surface area contributed by atoms with Gasteiger partial charge in [-0.3, -0.25) is 4.79 Å². The topological polar surface area (TPSA) is 87.5 Å². The molecule has 102 valence electrons. The van der Waals surface area contributed by atoms with E-state index in [-0.39, 0.29) is 6.03 Å². The van der Waals surface area contributed by atoms with Gasteiger partial charge in [0, 0.05) is 19.6 Å². The molecule has 1 fully saturated rings. The Bertz CT molecular complexity index is 494. The van der Waals surface area contributed by atoms with Crippen LogP contribution in [0.25, 0.3) is 0 Å². The molecule has 0 radical (unpaired) electrons. The molecule has 0 saturated carbocycles. The van der Waals surface area contributed by atoms with Crippen LogP contribution >= 0.6 is 11.6 Å². The third-order valence-electron chi connectivity index (χ3n) is 2.95. The molecule has 0 bridgehead atoms. The molecule has 1 saturated heterocycles. The number of carbonyl (C=O) groups excluding carboxylic acids is 2. The molecule has 4 N–H and O–H groups in total. The molecular formula is C12H15ClN4O2. The normalized spacial score (nSPS) is 19.0. The maximum Gasteiger partial charge on any atom is 0.322 e. The van der Waals surface area contributed by atoms with Crippen molar-refractivity contribution in [3.63, 3.8) is 0 Å². The first kappa shape index (κ1) is 13.6. The van der Waals surface area contributed by atoms with Gasteiger partial charge < -0.3 is 21.3 Å². The summed E-state index contributed by atoms with van der Waals surface area (Å²) in [6.07, 6.45) is 0. The second kappa shape index (κ2) is 5.90. The molecule has 6 nitrogen and oxygen atoms in total. The fraction of sp³-hybridized carbons (Fsp3) is 0.333.